The van der Waals surface area contributed by atoms with E-state index in [0.29, 0.717) is 0 Å². The first-order chi connectivity index (χ1) is 7.67. The third kappa shape index (κ3) is 3.96. The number of hydrogen-bond acceptors (Lipinski definition) is 4. The number of benzene rings is 1. The van der Waals surface area contributed by atoms with Crippen molar-refractivity contribution in [1.29, 1.82) is 0 Å². The highest BCUT2D eigenvalue weighted by molar-refractivity contribution is 7.99. The van der Waals surface area contributed by atoms with Gasteiger partial charge in [0.15, 0.2) is 12.1 Å². The normalized spacial score (nSPS) is 10.8. The van der Waals surface area contributed by atoms with E-state index >= 15 is 0 Å². The van der Waals surface area contributed by atoms with Crippen LogP contribution in [0.5, 0.6) is 0 Å². The van der Waals surface area contributed by atoms with Crippen molar-refractivity contribution in [2.24, 2.45) is 0 Å². The Hall–Kier alpha value is -0.840. The van der Waals surface area contributed by atoms with Gasteiger partial charge >= 0.3 is 0 Å². The molecule has 0 aliphatic rings. The van der Waals surface area contributed by atoms with Crippen LogP contribution in [-0.2, 0) is 9.47 Å². The topological polar surface area (TPSA) is 35.5 Å². The summed E-state index contributed by atoms with van der Waals surface area (Å²) in [5.41, 5.74) is 0.736. The van der Waals surface area contributed by atoms with Gasteiger partial charge in [0, 0.05) is 30.4 Å². The lowest BCUT2D eigenvalue weighted by Gasteiger charge is -2.12. The predicted octanol–water partition coefficient (Wildman–Crippen LogP) is 2.60. The Kier molecular flexibility index (Phi) is 5.52. The van der Waals surface area contributed by atoms with Crippen LogP contribution in [0, 0.1) is 0 Å². The molecule has 1 rings (SSSR count). The molecule has 4 heteroatoms. The zero-order chi connectivity index (χ0) is 12.0. The minimum atomic E-state index is -0.197. The largest absolute Gasteiger partial charge is 0.355 e. The summed E-state index contributed by atoms with van der Waals surface area (Å²) in [5.74, 6) is 0.815. The van der Waals surface area contributed by atoms with Crippen molar-refractivity contribution in [3.05, 3.63) is 29.8 Å². The SMILES string of the molecule is COC(CSc1ccc(C(C)=O)cc1)OC. The molecular weight excluding hydrogens is 224 g/mol. The first-order valence-corrected chi connectivity index (χ1v) is 5.95. The van der Waals surface area contributed by atoms with Gasteiger partial charge in [-0.1, -0.05) is 12.1 Å². The van der Waals surface area contributed by atoms with Crippen molar-refractivity contribution < 1.29 is 14.3 Å². The van der Waals surface area contributed by atoms with E-state index in [1.54, 1.807) is 32.9 Å². The van der Waals surface area contributed by atoms with E-state index in [1.807, 2.05) is 24.3 Å². The highest BCUT2D eigenvalue weighted by atomic mass is 32.2. The van der Waals surface area contributed by atoms with Gasteiger partial charge in [0.1, 0.15) is 0 Å². The molecule has 0 fully saturated rings. The Morgan fingerprint density at radius 3 is 2.25 bits per heavy atom. The van der Waals surface area contributed by atoms with Gasteiger partial charge in [-0.2, -0.15) is 0 Å². The average Bonchev–Trinajstić information content (AvgIpc) is 2.31. The van der Waals surface area contributed by atoms with E-state index in [-0.39, 0.29) is 12.1 Å². The quantitative estimate of drug-likeness (QED) is 0.435. The minimum Gasteiger partial charge on any atom is -0.355 e. The van der Waals surface area contributed by atoms with Gasteiger partial charge in [0.25, 0.3) is 0 Å². The lowest BCUT2D eigenvalue weighted by atomic mass is 10.2. The molecule has 0 amide bonds. The van der Waals surface area contributed by atoms with Crippen LogP contribution in [0.1, 0.15) is 17.3 Å². The maximum absolute atomic E-state index is 11.1. The van der Waals surface area contributed by atoms with Gasteiger partial charge in [-0.15, -0.1) is 11.8 Å². The maximum atomic E-state index is 11.1. The molecular formula is C12H16O3S. The number of ether oxygens (including phenoxy) is 2. The molecule has 0 aromatic heterocycles. The molecule has 0 aliphatic heterocycles. The molecule has 0 aliphatic carbocycles. The van der Waals surface area contributed by atoms with Crippen molar-refractivity contribution in [2.75, 3.05) is 20.0 Å². The summed E-state index contributed by atoms with van der Waals surface area (Å²) in [6.07, 6.45) is -0.197. The Morgan fingerprint density at radius 1 is 1.25 bits per heavy atom. The van der Waals surface area contributed by atoms with Crippen LogP contribution in [0.2, 0.25) is 0 Å². The summed E-state index contributed by atoms with van der Waals surface area (Å²) < 4.78 is 10.2. The number of hydrogen-bond donors (Lipinski definition) is 0. The summed E-state index contributed by atoms with van der Waals surface area (Å²) in [6.45, 7) is 1.56. The summed E-state index contributed by atoms with van der Waals surface area (Å²) in [7, 11) is 3.24. The molecule has 16 heavy (non-hydrogen) atoms. The van der Waals surface area contributed by atoms with Crippen molar-refractivity contribution in [3.8, 4) is 0 Å². The zero-order valence-electron chi connectivity index (χ0n) is 9.73. The molecule has 1 aromatic rings. The second-order valence-corrected chi connectivity index (χ2v) is 4.39. The smallest absolute Gasteiger partial charge is 0.166 e. The highest BCUT2D eigenvalue weighted by Crippen LogP contribution is 2.20. The molecule has 0 bridgehead atoms. The molecule has 1 aromatic carbocycles. The molecule has 0 saturated carbocycles. The van der Waals surface area contributed by atoms with E-state index in [9.17, 15) is 4.79 Å². The van der Waals surface area contributed by atoms with Crippen LogP contribution in [-0.4, -0.2) is 32.0 Å². The maximum Gasteiger partial charge on any atom is 0.166 e. The molecule has 0 spiro atoms. The molecule has 0 radical (unpaired) electrons. The lowest BCUT2D eigenvalue weighted by Crippen LogP contribution is -2.15. The average molecular weight is 240 g/mol. The molecule has 0 unspecified atom stereocenters. The first-order valence-electron chi connectivity index (χ1n) is 4.96. The summed E-state index contributed by atoms with van der Waals surface area (Å²) in [4.78, 5) is 12.2. The number of rotatable bonds is 6. The third-order valence-corrected chi connectivity index (χ3v) is 3.22. The number of thioether (sulfide) groups is 1. The monoisotopic (exact) mass is 240 g/mol. The van der Waals surface area contributed by atoms with Gasteiger partial charge in [0.05, 0.1) is 0 Å². The Bertz CT molecular complexity index is 331. The molecule has 0 heterocycles. The van der Waals surface area contributed by atoms with Crippen LogP contribution in [0.15, 0.2) is 29.2 Å². The summed E-state index contributed by atoms with van der Waals surface area (Å²) in [6, 6.07) is 7.53. The molecule has 3 nitrogen and oxygen atoms in total. The number of carbonyl (C=O) groups excluding carboxylic acids is 1. The fraction of sp³-hybridized carbons (Fsp3) is 0.417. The van der Waals surface area contributed by atoms with Gasteiger partial charge in [-0.05, 0) is 19.1 Å². The Labute approximate surface area is 100 Å². The van der Waals surface area contributed by atoms with Gasteiger partial charge in [-0.3, -0.25) is 4.79 Å². The van der Waals surface area contributed by atoms with Crippen molar-refractivity contribution in [1.82, 2.24) is 0 Å². The highest BCUT2D eigenvalue weighted by Gasteiger charge is 2.06. The van der Waals surface area contributed by atoms with E-state index in [0.717, 1.165) is 16.2 Å². The standard InChI is InChI=1S/C12H16O3S/c1-9(13)10-4-6-11(7-5-10)16-8-12(14-2)15-3/h4-7,12H,8H2,1-3H3. The van der Waals surface area contributed by atoms with Crippen molar-refractivity contribution in [2.45, 2.75) is 18.1 Å². The van der Waals surface area contributed by atoms with Crippen LogP contribution in [0.25, 0.3) is 0 Å². The molecule has 0 atom stereocenters. The minimum absolute atomic E-state index is 0.0863. The van der Waals surface area contributed by atoms with Crippen LogP contribution >= 0.6 is 11.8 Å². The Balaban J connectivity index is 2.52. The number of ketones is 1. The van der Waals surface area contributed by atoms with E-state index in [2.05, 4.69) is 0 Å². The molecule has 0 saturated heterocycles. The van der Waals surface area contributed by atoms with E-state index in [4.69, 9.17) is 9.47 Å². The van der Waals surface area contributed by atoms with Gasteiger partial charge in [-0.25, -0.2) is 0 Å². The zero-order valence-corrected chi connectivity index (χ0v) is 10.5. The Morgan fingerprint density at radius 2 is 1.81 bits per heavy atom. The van der Waals surface area contributed by atoms with Gasteiger partial charge < -0.3 is 9.47 Å². The molecule has 0 N–H and O–H groups in total. The van der Waals surface area contributed by atoms with Gasteiger partial charge in [0.2, 0.25) is 0 Å². The van der Waals surface area contributed by atoms with Crippen LogP contribution in [0.4, 0.5) is 0 Å². The van der Waals surface area contributed by atoms with Crippen molar-refractivity contribution in [3.63, 3.8) is 0 Å². The van der Waals surface area contributed by atoms with Crippen molar-refractivity contribution >= 4 is 17.5 Å². The fourth-order valence-electron chi connectivity index (χ4n) is 1.18. The molecule has 88 valence electrons. The third-order valence-electron chi connectivity index (χ3n) is 2.17. The first kappa shape index (κ1) is 13.2. The predicted molar refractivity (Wildman–Crippen MR) is 65.0 cm³/mol. The van der Waals surface area contributed by atoms with E-state index < -0.39 is 0 Å². The number of methoxy groups -OCH3 is 2. The summed E-state index contributed by atoms with van der Waals surface area (Å²) in [5, 5.41) is 0. The van der Waals surface area contributed by atoms with Crippen LogP contribution in [0.3, 0.4) is 0 Å². The van der Waals surface area contributed by atoms with Crippen LogP contribution < -0.4 is 0 Å². The fourth-order valence-corrected chi connectivity index (χ4v) is 2.11. The van der Waals surface area contributed by atoms with E-state index in [1.165, 1.54) is 0 Å². The number of Topliss-reactive ketones (excluding diaryl/α,β-unsaturated/α-hetero) is 1. The second kappa shape index (κ2) is 6.68. The second-order valence-electron chi connectivity index (χ2n) is 3.29. The number of carbonyl (C=O) groups is 1. The summed E-state index contributed by atoms with van der Waals surface area (Å²) >= 11 is 1.64. The lowest BCUT2D eigenvalue weighted by molar-refractivity contribution is -0.0842.